The van der Waals surface area contributed by atoms with Gasteiger partial charge in [0.05, 0.1) is 13.7 Å². The van der Waals surface area contributed by atoms with E-state index in [0.717, 1.165) is 40.0 Å². The van der Waals surface area contributed by atoms with E-state index in [1.807, 2.05) is 32.0 Å². The Labute approximate surface area is 160 Å². The number of hydrogen-bond donors (Lipinski definition) is 2. The maximum absolute atomic E-state index is 12.6. The van der Waals surface area contributed by atoms with Gasteiger partial charge < -0.3 is 15.4 Å². The minimum atomic E-state index is -4.42. The fourth-order valence-electron chi connectivity index (χ4n) is 2.35. The van der Waals surface area contributed by atoms with Crippen LogP contribution in [0.3, 0.4) is 0 Å². The number of aromatic nitrogens is 1. The summed E-state index contributed by atoms with van der Waals surface area (Å²) in [6, 6.07) is 6.04. The zero-order valence-electron chi connectivity index (χ0n) is 15.5. The molecule has 0 radical (unpaired) electrons. The Morgan fingerprint density at radius 2 is 2.07 bits per heavy atom. The van der Waals surface area contributed by atoms with Gasteiger partial charge in [-0.3, -0.25) is 0 Å². The van der Waals surface area contributed by atoms with E-state index in [4.69, 9.17) is 4.74 Å². The second-order valence-electron chi connectivity index (χ2n) is 5.80. The van der Waals surface area contributed by atoms with E-state index in [1.54, 1.807) is 7.11 Å². The zero-order valence-corrected chi connectivity index (χ0v) is 16.3. The Bertz CT molecular complexity index is 774. The van der Waals surface area contributed by atoms with Gasteiger partial charge >= 0.3 is 6.18 Å². The first-order valence-electron chi connectivity index (χ1n) is 8.50. The molecule has 0 unspecified atom stereocenters. The van der Waals surface area contributed by atoms with Crippen LogP contribution in [0.5, 0.6) is 5.75 Å². The van der Waals surface area contributed by atoms with Gasteiger partial charge in [-0.2, -0.15) is 13.2 Å². The van der Waals surface area contributed by atoms with Crippen LogP contribution in [-0.4, -0.2) is 31.1 Å². The number of hydrogen-bond acceptors (Lipinski definition) is 4. The second-order valence-corrected chi connectivity index (χ2v) is 6.74. The predicted octanol–water partition coefficient (Wildman–Crippen LogP) is 3.78. The standard InChI is InChI=1S/C18H23F3N4OS/c1-4-22-17(24-10-16-25-15(11-27-16)18(19,20)21)23-8-7-13-6-5-12(2)14(9-13)26-3/h5-6,9,11H,4,7-8,10H2,1-3H3,(H2,22,23,24). The number of methoxy groups -OCH3 is 1. The molecule has 0 aliphatic rings. The average Bonchev–Trinajstić information content (AvgIpc) is 3.10. The van der Waals surface area contributed by atoms with Gasteiger partial charge in [-0.1, -0.05) is 12.1 Å². The Hall–Kier alpha value is -2.29. The van der Waals surface area contributed by atoms with E-state index in [2.05, 4.69) is 20.6 Å². The van der Waals surface area contributed by atoms with E-state index in [0.29, 0.717) is 24.1 Å². The third-order valence-corrected chi connectivity index (χ3v) is 4.57. The summed E-state index contributed by atoms with van der Waals surface area (Å²) in [5.74, 6) is 1.39. The van der Waals surface area contributed by atoms with Crippen LogP contribution < -0.4 is 15.4 Å². The first-order valence-corrected chi connectivity index (χ1v) is 9.38. The first kappa shape index (κ1) is 21.0. The fraction of sp³-hybridized carbons (Fsp3) is 0.444. The summed E-state index contributed by atoms with van der Waals surface area (Å²) in [7, 11) is 1.64. The third-order valence-electron chi connectivity index (χ3n) is 3.74. The van der Waals surface area contributed by atoms with Crippen molar-refractivity contribution in [3.05, 3.63) is 45.4 Å². The van der Waals surface area contributed by atoms with E-state index in [-0.39, 0.29) is 6.54 Å². The minimum absolute atomic E-state index is 0.0917. The number of ether oxygens (including phenoxy) is 1. The first-order chi connectivity index (χ1) is 12.8. The van der Waals surface area contributed by atoms with Crippen LogP contribution in [0.2, 0.25) is 0 Å². The average molecular weight is 400 g/mol. The number of nitrogens with zero attached hydrogens (tertiary/aromatic N) is 2. The molecule has 0 fully saturated rings. The smallest absolute Gasteiger partial charge is 0.434 e. The van der Waals surface area contributed by atoms with Gasteiger partial charge in [-0.25, -0.2) is 9.98 Å². The number of aryl methyl sites for hydroxylation is 1. The molecule has 27 heavy (non-hydrogen) atoms. The van der Waals surface area contributed by atoms with Gasteiger partial charge in [-0.15, -0.1) is 11.3 Å². The van der Waals surface area contributed by atoms with Gasteiger partial charge in [0.2, 0.25) is 0 Å². The van der Waals surface area contributed by atoms with Gasteiger partial charge in [0.25, 0.3) is 0 Å². The minimum Gasteiger partial charge on any atom is -0.496 e. The van der Waals surface area contributed by atoms with Crippen molar-refractivity contribution in [2.45, 2.75) is 33.0 Å². The van der Waals surface area contributed by atoms with Crippen LogP contribution in [0.15, 0.2) is 28.6 Å². The van der Waals surface area contributed by atoms with E-state index in [1.165, 1.54) is 0 Å². The number of benzene rings is 1. The highest BCUT2D eigenvalue weighted by molar-refractivity contribution is 7.09. The Kier molecular flexibility index (Phi) is 7.46. The maximum atomic E-state index is 12.6. The molecule has 0 spiro atoms. The summed E-state index contributed by atoms with van der Waals surface area (Å²) in [4.78, 5) is 7.89. The summed E-state index contributed by atoms with van der Waals surface area (Å²) >= 11 is 0.955. The molecule has 1 aromatic heterocycles. The van der Waals surface area contributed by atoms with E-state index >= 15 is 0 Å². The summed E-state index contributed by atoms with van der Waals surface area (Å²) in [6.45, 7) is 5.28. The van der Waals surface area contributed by atoms with Crippen LogP contribution in [0.1, 0.15) is 28.8 Å². The van der Waals surface area contributed by atoms with Crippen molar-refractivity contribution in [3.8, 4) is 5.75 Å². The molecule has 0 aliphatic heterocycles. The van der Waals surface area contributed by atoms with E-state index < -0.39 is 11.9 Å². The summed E-state index contributed by atoms with van der Waals surface area (Å²) in [5, 5.41) is 7.59. The molecule has 148 valence electrons. The largest absolute Gasteiger partial charge is 0.496 e. The van der Waals surface area contributed by atoms with Crippen LogP contribution in [0, 0.1) is 6.92 Å². The number of guanidine groups is 1. The number of rotatable bonds is 7. The van der Waals surface area contributed by atoms with Crippen molar-refractivity contribution in [2.24, 2.45) is 4.99 Å². The van der Waals surface area contributed by atoms with Crippen molar-refractivity contribution in [2.75, 3.05) is 20.2 Å². The number of halogens is 3. The number of nitrogens with one attached hydrogen (secondary N) is 2. The van der Waals surface area contributed by atoms with Crippen LogP contribution in [0.4, 0.5) is 13.2 Å². The Balaban J connectivity index is 1.92. The SMILES string of the molecule is CCNC(=NCc1nc(C(F)(F)F)cs1)NCCc1ccc(C)c(OC)c1. The lowest BCUT2D eigenvalue weighted by molar-refractivity contribution is -0.140. The normalized spacial score (nSPS) is 12.1. The molecular weight excluding hydrogens is 377 g/mol. The fourth-order valence-corrected chi connectivity index (χ4v) is 3.07. The van der Waals surface area contributed by atoms with Crippen LogP contribution in [-0.2, 0) is 19.1 Å². The molecule has 1 aromatic carbocycles. The topological polar surface area (TPSA) is 58.5 Å². The molecule has 2 rings (SSSR count). The molecule has 0 bridgehead atoms. The molecule has 0 saturated heterocycles. The zero-order chi connectivity index (χ0) is 19.9. The molecule has 2 N–H and O–H groups in total. The lowest BCUT2D eigenvalue weighted by Gasteiger charge is -2.12. The van der Waals surface area contributed by atoms with Crippen molar-refractivity contribution in [1.82, 2.24) is 15.6 Å². The predicted molar refractivity (Wildman–Crippen MR) is 101 cm³/mol. The highest BCUT2D eigenvalue weighted by Crippen LogP contribution is 2.30. The summed E-state index contributed by atoms with van der Waals surface area (Å²) in [5.41, 5.74) is 1.32. The molecular formula is C18H23F3N4OS. The maximum Gasteiger partial charge on any atom is 0.434 e. The molecule has 2 aromatic rings. The summed E-state index contributed by atoms with van der Waals surface area (Å²) < 4.78 is 43.1. The highest BCUT2D eigenvalue weighted by atomic mass is 32.1. The van der Waals surface area contributed by atoms with Crippen molar-refractivity contribution < 1.29 is 17.9 Å². The lowest BCUT2D eigenvalue weighted by Crippen LogP contribution is -2.38. The van der Waals surface area contributed by atoms with Gasteiger partial charge in [0.15, 0.2) is 11.7 Å². The lowest BCUT2D eigenvalue weighted by atomic mass is 10.1. The number of alkyl halides is 3. The van der Waals surface area contributed by atoms with Gasteiger partial charge in [0, 0.05) is 18.5 Å². The second kappa shape index (κ2) is 9.59. The molecule has 9 heteroatoms. The van der Waals surface area contributed by atoms with Gasteiger partial charge in [0.1, 0.15) is 10.8 Å². The quantitative estimate of drug-likeness (QED) is 0.549. The monoisotopic (exact) mass is 400 g/mol. The Morgan fingerprint density at radius 3 is 2.70 bits per heavy atom. The van der Waals surface area contributed by atoms with Crippen molar-refractivity contribution in [1.29, 1.82) is 0 Å². The van der Waals surface area contributed by atoms with Crippen LogP contribution in [0.25, 0.3) is 0 Å². The Morgan fingerprint density at radius 1 is 1.30 bits per heavy atom. The molecule has 5 nitrogen and oxygen atoms in total. The van der Waals surface area contributed by atoms with E-state index in [9.17, 15) is 13.2 Å². The van der Waals surface area contributed by atoms with Crippen molar-refractivity contribution >= 4 is 17.3 Å². The van der Waals surface area contributed by atoms with Crippen LogP contribution >= 0.6 is 11.3 Å². The van der Waals surface area contributed by atoms with Crippen molar-refractivity contribution in [3.63, 3.8) is 0 Å². The molecule has 0 saturated carbocycles. The molecule has 0 aliphatic carbocycles. The highest BCUT2D eigenvalue weighted by Gasteiger charge is 2.33. The molecule has 0 atom stereocenters. The summed E-state index contributed by atoms with van der Waals surface area (Å²) in [6.07, 6.45) is -3.66. The molecule has 0 amide bonds. The number of thiazole rings is 1. The molecule has 1 heterocycles. The van der Waals surface area contributed by atoms with Gasteiger partial charge in [-0.05, 0) is 37.5 Å². The number of aliphatic imine (C=N–C) groups is 1. The third kappa shape index (κ3) is 6.42.